The zero-order valence-electron chi connectivity index (χ0n) is 18.1. The van der Waals surface area contributed by atoms with Gasteiger partial charge < -0.3 is 19.3 Å². The van der Waals surface area contributed by atoms with E-state index < -0.39 is 64.0 Å². The Hall–Kier alpha value is -2.22. The van der Waals surface area contributed by atoms with Gasteiger partial charge in [0.1, 0.15) is 28.5 Å². The molecule has 1 saturated heterocycles. The first-order valence-corrected chi connectivity index (χ1v) is 10.9. The van der Waals surface area contributed by atoms with E-state index in [1.165, 1.54) is 13.8 Å². The number of rotatable bonds is 2. The van der Waals surface area contributed by atoms with E-state index in [2.05, 4.69) is 6.58 Å². The molecule has 5 aliphatic rings. The summed E-state index contributed by atoms with van der Waals surface area (Å²) in [5.74, 6) is -2.92. The van der Waals surface area contributed by atoms with Gasteiger partial charge in [-0.3, -0.25) is 19.2 Å². The molecule has 5 bridgehead atoms. The largest absolute Gasteiger partial charge is 0.461 e. The van der Waals surface area contributed by atoms with Gasteiger partial charge in [0, 0.05) is 26.2 Å². The first kappa shape index (κ1) is 20.7. The lowest BCUT2D eigenvalue weighted by Gasteiger charge is -2.57. The van der Waals surface area contributed by atoms with Crippen LogP contribution in [-0.4, -0.2) is 52.2 Å². The summed E-state index contributed by atoms with van der Waals surface area (Å²) in [6, 6.07) is 0. The van der Waals surface area contributed by atoms with Crippen molar-refractivity contribution in [2.75, 3.05) is 0 Å². The van der Waals surface area contributed by atoms with Crippen molar-refractivity contribution in [3.63, 3.8) is 0 Å². The second-order valence-corrected chi connectivity index (χ2v) is 10.3. The van der Waals surface area contributed by atoms with Gasteiger partial charge in [0.2, 0.25) is 0 Å². The number of carbonyl (C=O) groups excluding carboxylic acids is 4. The minimum Gasteiger partial charge on any atom is -0.461 e. The topological polar surface area (TPSA) is 116 Å². The second kappa shape index (κ2) is 5.97. The Morgan fingerprint density at radius 3 is 2.52 bits per heavy atom. The van der Waals surface area contributed by atoms with Gasteiger partial charge in [-0.1, -0.05) is 6.58 Å². The predicted molar refractivity (Wildman–Crippen MR) is 104 cm³/mol. The summed E-state index contributed by atoms with van der Waals surface area (Å²) < 4.78 is 17.2. The van der Waals surface area contributed by atoms with Crippen molar-refractivity contribution in [3.05, 3.63) is 12.2 Å². The van der Waals surface area contributed by atoms with Crippen molar-refractivity contribution < 1.29 is 38.5 Å². The number of hydrogen-bond acceptors (Lipinski definition) is 8. The van der Waals surface area contributed by atoms with Crippen molar-refractivity contribution >= 4 is 23.7 Å². The zero-order chi connectivity index (χ0) is 22.6. The molecule has 0 radical (unpaired) electrons. The van der Waals surface area contributed by atoms with Crippen molar-refractivity contribution in [2.45, 2.75) is 82.7 Å². The second-order valence-electron chi connectivity index (χ2n) is 10.3. The molecular weight excluding hydrogens is 404 g/mol. The van der Waals surface area contributed by atoms with Gasteiger partial charge in [-0.25, -0.2) is 0 Å². The molecule has 1 N–H and O–H groups in total. The quantitative estimate of drug-likeness (QED) is 0.398. The molecule has 5 rings (SSSR count). The molecule has 168 valence electrons. The Balaban J connectivity index is 1.66. The number of aliphatic hydroxyl groups excluding tert-OH is 1. The van der Waals surface area contributed by atoms with Crippen LogP contribution in [0.4, 0.5) is 0 Å². The SMILES string of the molecule is C=C1C[C@]23C[C@@]1(OC(C)=O)CC[C@H](C2=O)[C@@]12CC[C@H](OC(C)=O)[C@](C)(C(=O)O1)[C@H]2[C@@H]3O. The van der Waals surface area contributed by atoms with E-state index in [-0.39, 0.29) is 18.6 Å². The van der Waals surface area contributed by atoms with E-state index in [1.807, 2.05) is 0 Å². The van der Waals surface area contributed by atoms with Crippen molar-refractivity contribution in [1.29, 1.82) is 0 Å². The van der Waals surface area contributed by atoms with Gasteiger partial charge in [0.05, 0.1) is 17.4 Å². The summed E-state index contributed by atoms with van der Waals surface area (Å²) in [4.78, 5) is 50.7. The van der Waals surface area contributed by atoms with Crippen LogP contribution >= 0.6 is 0 Å². The summed E-state index contributed by atoms with van der Waals surface area (Å²) in [6.07, 6.45) is -0.105. The van der Waals surface area contributed by atoms with Gasteiger partial charge in [0.15, 0.2) is 0 Å². The maximum atomic E-state index is 13.9. The van der Waals surface area contributed by atoms with Crippen LogP contribution < -0.4 is 0 Å². The molecule has 4 saturated carbocycles. The van der Waals surface area contributed by atoms with Gasteiger partial charge >= 0.3 is 17.9 Å². The van der Waals surface area contributed by atoms with Crippen LogP contribution in [0.1, 0.15) is 59.3 Å². The number of Topliss-reactive ketones (excluding diaryl/α,β-unsaturated/α-hetero) is 1. The smallest absolute Gasteiger partial charge is 0.316 e. The Kier molecular flexibility index (Phi) is 3.98. The average Bonchev–Trinajstić information content (AvgIpc) is 2.99. The molecule has 1 aliphatic heterocycles. The molecule has 0 unspecified atom stereocenters. The van der Waals surface area contributed by atoms with Crippen molar-refractivity contribution in [2.24, 2.45) is 22.7 Å². The molecule has 8 heteroatoms. The third-order valence-electron chi connectivity index (χ3n) is 8.90. The standard InChI is InChI=1S/C23H28O8/c1-11-9-21-10-22(11,30-13(3)25)7-5-14(17(21)26)23-8-6-15(29-12(2)24)20(4,19(28)31-23)16(23)18(21)27/h14-16,18,27H,1,5-10H2,2-4H3/t14-,15+,16-,18+,20+,21+,22+,23-/m1/s1. The maximum Gasteiger partial charge on any atom is 0.316 e. The summed E-state index contributed by atoms with van der Waals surface area (Å²) >= 11 is 0. The number of aliphatic hydroxyl groups is 1. The van der Waals surface area contributed by atoms with E-state index in [4.69, 9.17) is 14.2 Å². The lowest BCUT2D eigenvalue weighted by molar-refractivity contribution is -0.209. The minimum absolute atomic E-state index is 0.132. The highest BCUT2D eigenvalue weighted by atomic mass is 16.6. The number of esters is 3. The third-order valence-corrected chi connectivity index (χ3v) is 8.90. The van der Waals surface area contributed by atoms with Crippen molar-refractivity contribution in [3.8, 4) is 0 Å². The van der Waals surface area contributed by atoms with E-state index >= 15 is 0 Å². The van der Waals surface area contributed by atoms with Crippen LogP contribution in [0.25, 0.3) is 0 Å². The van der Waals surface area contributed by atoms with Crippen LogP contribution in [0, 0.1) is 22.7 Å². The van der Waals surface area contributed by atoms with E-state index in [0.29, 0.717) is 31.3 Å². The molecule has 1 spiro atoms. The van der Waals surface area contributed by atoms with Gasteiger partial charge in [-0.05, 0) is 44.6 Å². The third kappa shape index (κ3) is 2.24. The molecule has 0 aromatic rings. The lowest BCUT2D eigenvalue weighted by atomic mass is 9.46. The molecule has 4 aliphatic carbocycles. The van der Waals surface area contributed by atoms with Crippen LogP contribution in [0.5, 0.6) is 0 Å². The van der Waals surface area contributed by atoms with E-state index in [0.717, 1.165) is 0 Å². The molecule has 31 heavy (non-hydrogen) atoms. The summed E-state index contributed by atoms with van der Waals surface area (Å²) in [5, 5.41) is 11.8. The van der Waals surface area contributed by atoms with Gasteiger partial charge in [-0.15, -0.1) is 0 Å². The number of hydrogen-bond donors (Lipinski definition) is 1. The fraction of sp³-hybridized carbons (Fsp3) is 0.739. The highest BCUT2D eigenvalue weighted by Crippen LogP contribution is 2.71. The van der Waals surface area contributed by atoms with Crippen LogP contribution in [0.3, 0.4) is 0 Å². The molecule has 0 amide bonds. The number of ketones is 1. The van der Waals surface area contributed by atoms with Gasteiger partial charge in [-0.2, -0.15) is 0 Å². The van der Waals surface area contributed by atoms with E-state index in [1.54, 1.807) is 6.92 Å². The monoisotopic (exact) mass is 432 g/mol. The molecule has 8 nitrogen and oxygen atoms in total. The Morgan fingerprint density at radius 1 is 1.16 bits per heavy atom. The predicted octanol–water partition coefficient (Wildman–Crippen LogP) is 1.62. The minimum atomic E-state index is -1.26. The lowest BCUT2D eigenvalue weighted by Crippen LogP contribution is -2.69. The summed E-state index contributed by atoms with van der Waals surface area (Å²) in [7, 11) is 0. The molecule has 0 aromatic carbocycles. The number of carbonyl (C=O) groups is 4. The fourth-order valence-electron chi connectivity index (χ4n) is 7.72. The number of ether oxygens (including phenoxy) is 3. The molecular formula is C23H28O8. The highest BCUT2D eigenvalue weighted by Gasteiger charge is 2.81. The average molecular weight is 432 g/mol. The summed E-state index contributed by atoms with van der Waals surface area (Å²) in [5.41, 5.74) is -3.96. The van der Waals surface area contributed by atoms with Crippen LogP contribution in [0.2, 0.25) is 0 Å². The normalized spacial score (nSPS) is 49.7. The highest BCUT2D eigenvalue weighted by molar-refractivity contribution is 5.95. The van der Waals surface area contributed by atoms with E-state index in [9.17, 15) is 24.3 Å². The first-order valence-electron chi connectivity index (χ1n) is 10.9. The fourth-order valence-corrected chi connectivity index (χ4v) is 7.72. The molecule has 8 atom stereocenters. The van der Waals surface area contributed by atoms with Crippen LogP contribution in [-0.2, 0) is 33.4 Å². The van der Waals surface area contributed by atoms with Crippen LogP contribution in [0.15, 0.2) is 12.2 Å². The molecule has 0 aromatic heterocycles. The number of fused-ring (bicyclic) bond motifs is 2. The Bertz CT molecular complexity index is 940. The Labute approximate surface area is 180 Å². The van der Waals surface area contributed by atoms with Crippen molar-refractivity contribution in [1.82, 2.24) is 0 Å². The molecule has 5 fully saturated rings. The molecule has 1 heterocycles. The maximum absolute atomic E-state index is 13.9. The Morgan fingerprint density at radius 2 is 1.87 bits per heavy atom. The summed E-state index contributed by atoms with van der Waals surface area (Å²) in [6.45, 7) is 8.41. The first-order chi connectivity index (χ1) is 14.4. The van der Waals surface area contributed by atoms with Gasteiger partial charge in [0.25, 0.3) is 0 Å². The zero-order valence-corrected chi connectivity index (χ0v) is 18.1.